The molecule has 5 heteroatoms. The predicted octanol–water partition coefficient (Wildman–Crippen LogP) is 1.85. The predicted molar refractivity (Wildman–Crippen MR) is 74.3 cm³/mol. The van der Waals surface area contributed by atoms with Crippen molar-refractivity contribution >= 4 is 17.2 Å². The van der Waals surface area contributed by atoms with Crippen molar-refractivity contribution in [1.29, 1.82) is 0 Å². The van der Waals surface area contributed by atoms with Crippen molar-refractivity contribution in [2.24, 2.45) is 5.92 Å². The molecule has 0 saturated carbocycles. The van der Waals surface area contributed by atoms with Gasteiger partial charge in [-0.05, 0) is 39.0 Å². The quantitative estimate of drug-likeness (QED) is 0.919. The third-order valence-electron chi connectivity index (χ3n) is 3.95. The molecule has 104 valence electrons. The number of ether oxygens (including phenoxy) is 1. The van der Waals surface area contributed by atoms with E-state index in [2.05, 4.69) is 10.3 Å². The van der Waals surface area contributed by atoms with Crippen LogP contribution in [0.25, 0.3) is 0 Å². The smallest absolute Gasteiger partial charge is 0.223 e. The van der Waals surface area contributed by atoms with Gasteiger partial charge in [0.2, 0.25) is 5.91 Å². The molecular formula is C14H20N2O2S. The van der Waals surface area contributed by atoms with Crippen molar-refractivity contribution in [1.82, 2.24) is 10.3 Å². The van der Waals surface area contributed by atoms with Gasteiger partial charge in [0.25, 0.3) is 0 Å². The van der Waals surface area contributed by atoms with Crippen LogP contribution in [0, 0.1) is 12.8 Å². The molecule has 19 heavy (non-hydrogen) atoms. The van der Waals surface area contributed by atoms with Crippen LogP contribution in [0.15, 0.2) is 0 Å². The van der Waals surface area contributed by atoms with Gasteiger partial charge in [0.1, 0.15) is 0 Å². The minimum Gasteiger partial charge on any atom is -0.376 e. The molecule has 3 rings (SSSR count). The second-order valence-electron chi connectivity index (χ2n) is 5.42. The van der Waals surface area contributed by atoms with Gasteiger partial charge in [-0.25, -0.2) is 4.98 Å². The van der Waals surface area contributed by atoms with Crippen molar-refractivity contribution in [2.45, 2.75) is 45.1 Å². The fourth-order valence-corrected chi connectivity index (χ4v) is 3.95. The van der Waals surface area contributed by atoms with E-state index in [-0.39, 0.29) is 17.9 Å². The zero-order chi connectivity index (χ0) is 13.2. The van der Waals surface area contributed by atoms with E-state index in [1.165, 1.54) is 10.6 Å². The Morgan fingerprint density at radius 3 is 3.21 bits per heavy atom. The number of hydrogen-bond donors (Lipinski definition) is 1. The van der Waals surface area contributed by atoms with Crippen LogP contribution in [0.5, 0.6) is 0 Å². The molecule has 2 unspecified atom stereocenters. The first kappa shape index (κ1) is 13.1. The monoisotopic (exact) mass is 280 g/mol. The summed E-state index contributed by atoms with van der Waals surface area (Å²) in [6, 6.07) is 0. The molecule has 1 aromatic heterocycles. The van der Waals surface area contributed by atoms with Crippen LogP contribution in [0.3, 0.4) is 0 Å². The number of carbonyl (C=O) groups is 1. The number of nitrogens with one attached hydrogen (secondary N) is 1. The summed E-state index contributed by atoms with van der Waals surface area (Å²) in [6.07, 6.45) is 5.15. The summed E-state index contributed by atoms with van der Waals surface area (Å²) in [5.74, 6) is 0.306. The number of rotatable bonds is 3. The molecule has 1 aromatic rings. The molecule has 2 atom stereocenters. The molecule has 0 bridgehead atoms. The zero-order valence-electron chi connectivity index (χ0n) is 11.3. The van der Waals surface area contributed by atoms with E-state index in [1.54, 1.807) is 11.3 Å². The van der Waals surface area contributed by atoms with E-state index in [0.29, 0.717) is 6.54 Å². The fourth-order valence-electron chi connectivity index (χ4n) is 2.89. The highest BCUT2D eigenvalue weighted by Gasteiger charge is 2.27. The number of aryl methyl sites for hydroxylation is 2. The lowest BCUT2D eigenvalue weighted by molar-refractivity contribution is -0.125. The van der Waals surface area contributed by atoms with Crippen LogP contribution in [0.1, 0.15) is 34.8 Å². The Labute approximate surface area is 117 Å². The maximum Gasteiger partial charge on any atom is 0.223 e. The lowest BCUT2D eigenvalue weighted by Gasteiger charge is -2.21. The summed E-state index contributed by atoms with van der Waals surface area (Å²) in [5, 5.41) is 4.17. The van der Waals surface area contributed by atoms with E-state index >= 15 is 0 Å². The highest BCUT2D eigenvalue weighted by molar-refractivity contribution is 7.11. The number of fused-ring (bicyclic) bond motifs is 1. The summed E-state index contributed by atoms with van der Waals surface area (Å²) in [5.41, 5.74) is 1.21. The summed E-state index contributed by atoms with van der Waals surface area (Å²) in [7, 11) is 0. The zero-order valence-corrected chi connectivity index (χ0v) is 12.1. The Kier molecular flexibility index (Phi) is 3.84. The molecule has 4 nitrogen and oxygen atoms in total. The van der Waals surface area contributed by atoms with Gasteiger partial charge in [-0.2, -0.15) is 0 Å². The molecule has 1 amide bonds. The number of aromatic nitrogens is 1. The normalized spacial score (nSPS) is 26.2. The van der Waals surface area contributed by atoms with Gasteiger partial charge in [0.15, 0.2) is 0 Å². The lowest BCUT2D eigenvalue weighted by Crippen LogP contribution is -2.38. The molecule has 0 spiro atoms. The topological polar surface area (TPSA) is 51.2 Å². The minimum absolute atomic E-state index is 0.119. The van der Waals surface area contributed by atoms with Gasteiger partial charge in [-0.15, -0.1) is 11.3 Å². The average Bonchev–Trinajstić information content (AvgIpc) is 3.02. The van der Waals surface area contributed by atoms with Crippen LogP contribution in [0.4, 0.5) is 0 Å². The molecule has 0 radical (unpaired) electrons. The Hall–Kier alpha value is -0.940. The highest BCUT2D eigenvalue weighted by Crippen LogP contribution is 2.29. The van der Waals surface area contributed by atoms with Crippen molar-refractivity contribution in [3.63, 3.8) is 0 Å². The maximum absolute atomic E-state index is 12.2. The molecule has 1 N–H and O–H groups in total. The van der Waals surface area contributed by atoms with Crippen molar-refractivity contribution in [3.05, 3.63) is 15.6 Å². The highest BCUT2D eigenvalue weighted by atomic mass is 32.1. The molecule has 1 aliphatic carbocycles. The van der Waals surface area contributed by atoms with E-state index in [1.807, 2.05) is 6.92 Å². The molecule has 1 saturated heterocycles. The minimum atomic E-state index is 0.119. The third-order valence-corrected chi connectivity index (χ3v) is 4.98. The van der Waals surface area contributed by atoms with E-state index in [4.69, 9.17) is 4.74 Å². The Bertz CT molecular complexity index is 466. The second-order valence-corrected chi connectivity index (χ2v) is 6.71. The molecule has 1 fully saturated rings. The van der Waals surface area contributed by atoms with Gasteiger partial charge in [-0.3, -0.25) is 4.79 Å². The largest absolute Gasteiger partial charge is 0.376 e. The number of carbonyl (C=O) groups excluding carboxylic acids is 1. The van der Waals surface area contributed by atoms with Crippen LogP contribution >= 0.6 is 11.3 Å². The van der Waals surface area contributed by atoms with Gasteiger partial charge in [0.05, 0.1) is 16.8 Å². The van der Waals surface area contributed by atoms with Crippen molar-refractivity contribution in [3.8, 4) is 0 Å². The van der Waals surface area contributed by atoms with Gasteiger partial charge < -0.3 is 10.1 Å². The molecular weight excluding hydrogens is 260 g/mol. The van der Waals surface area contributed by atoms with Crippen LogP contribution in [0.2, 0.25) is 0 Å². The summed E-state index contributed by atoms with van der Waals surface area (Å²) >= 11 is 1.74. The molecule has 2 heterocycles. The van der Waals surface area contributed by atoms with E-state index < -0.39 is 0 Å². The number of amides is 1. The van der Waals surface area contributed by atoms with Gasteiger partial charge in [0, 0.05) is 23.9 Å². The Balaban J connectivity index is 1.53. The maximum atomic E-state index is 12.2. The first-order chi connectivity index (χ1) is 9.22. The van der Waals surface area contributed by atoms with E-state index in [9.17, 15) is 4.79 Å². The number of nitrogens with zero attached hydrogens (tertiary/aromatic N) is 1. The Morgan fingerprint density at radius 2 is 2.42 bits per heavy atom. The summed E-state index contributed by atoms with van der Waals surface area (Å²) < 4.78 is 5.53. The second kappa shape index (κ2) is 5.59. The van der Waals surface area contributed by atoms with Crippen LogP contribution in [-0.2, 0) is 22.4 Å². The molecule has 1 aliphatic heterocycles. The molecule has 0 aromatic carbocycles. The third kappa shape index (κ3) is 2.98. The Morgan fingerprint density at radius 1 is 1.53 bits per heavy atom. The van der Waals surface area contributed by atoms with E-state index in [0.717, 1.165) is 43.7 Å². The molecule has 2 aliphatic rings. The van der Waals surface area contributed by atoms with Gasteiger partial charge in [-0.1, -0.05) is 0 Å². The SMILES string of the molecule is Cc1nc2c(s1)CC(C(=O)NCC1CCCO1)CC2. The van der Waals surface area contributed by atoms with Crippen molar-refractivity contribution < 1.29 is 9.53 Å². The standard InChI is InChI=1S/C14H20N2O2S/c1-9-16-12-5-4-10(7-13(12)19-9)14(17)15-8-11-3-2-6-18-11/h10-11H,2-8H2,1H3,(H,15,17). The fraction of sp³-hybridized carbons (Fsp3) is 0.714. The number of hydrogen-bond acceptors (Lipinski definition) is 4. The van der Waals surface area contributed by atoms with Crippen LogP contribution < -0.4 is 5.32 Å². The summed E-state index contributed by atoms with van der Waals surface area (Å²) in [6.45, 7) is 3.55. The lowest BCUT2D eigenvalue weighted by atomic mass is 9.90. The first-order valence-electron chi connectivity index (χ1n) is 7.07. The summed E-state index contributed by atoms with van der Waals surface area (Å²) in [4.78, 5) is 18.0. The number of thiazole rings is 1. The van der Waals surface area contributed by atoms with Crippen LogP contribution in [-0.4, -0.2) is 30.1 Å². The average molecular weight is 280 g/mol. The van der Waals surface area contributed by atoms with Gasteiger partial charge >= 0.3 is 0 Å². The first-order valence-corrected chi connectivity index (χ1v) is 7.88. The van der Waals surface area contributed by atoms with Crippen molar-refractivity contribution in [2.75, 3.05) is 13.2 Å².